The summed E-state index contributed by atoms with van der Waals surface area (Å²) in [5.74, 6) is -2.45. The predicted molar refractivity (Wildman–Crippen MR) is 109 cm³/mol. The fourth-order valence-electron chi connectivity index (χ4n) is 3.49. The quantitative estimate of drug-likeness (QED) is 0.258. The molecule has 1 aliphatic heterocycles. The topological polar surface area (TPSA) is 179 Å². The zero-order valence-corrected chi connectivity index (χ0v) is 18.1. The van der Waals surface area contributed by atoms with E-state index in [1.54, 1.807) is 6.92 Å². The van der Waals surface area contributed by atoms with Gasteiger partial charge in [0.15, 0.2) is 0 Å². The summed E-state index contributed by atoms with van der Waals surface area (Å²) in [5.41, 5.74) is 11.0. The Balaban J connectivity index is 2.99. The lowest BCUT2D eigenvalue weighted by Gasteiger charge is -2.35. The Bertz CT molecular complexity index is 641. The van der Waals surface area contributed by atoms with Crippen molar-refractivity contribution in [3.63, 3.8) is 0 Å². The van der Waals surface area contributed by atoms with Crippen LogP contribution in [0, 0.1) is 0 Å². The average Bonchev–Trinajstić information content (AvgIpc) is 3.17. The predicted octanol–water partition coefficient (Wildman–Crippen LogP) is -2.34. The summed E-state index contributed by atoms with van der Waals surface area (Å²) in [6.45, 7) is 6.71. The number of hydrogen-bond acceptors (Lipinski definition) is 7. The molecule has 1 fully saturated rings. The molecule has 1 rings (SSSR count). The lowest BCUT2D eigenvalue weighted by atomic mass is 10.1. The van der Waals surface area contributed by atoms with E-state index in [1.807, 2.05) is 6.92 Å². The highest BCUT2D eigenvalue weighted by Crippen LogP contribution is 2.21. The van der Waals surface area contributed by atoms with Gasteiger partial charge in [-0.3, -0.25) is 19.2 Å². The van der Waals surface area contributed by atoms with Gasteiger partial charge < -0.3 is 36.8 Å². The fourth-order valence-corrected chi connectivity index (χ4v) is 3.49. The summed E-state index contributed by atoms with van der Waals surface area (Å²) in [6, 6.07) is -4.16. The van der Waals surface area contributed by atoms with Crippen LogP contribution in [0.3, 0.4) is 0 Å². The number of nitrogens with one attached hydrogen (secondary N) is 1. The van der Waals surface area contributed by atoms with Crippen LogP contribution in [0.5, 0.6) is 0 Å². The van der Waals surface area contributed by atoms with E-state index in [1.165, 1.54) is 23.6 Å². The Morgan fingerprint density at radius 1 is 1.17 bits per heavy atom. The minimum absolute atomic E-state index is 0.267. The third kappa shape index (κ3) is 6.13. The Labute approximate surface area is 176 Å². The third-order valence-corrected chi connectivity index (χ3v) is 5.30. The van der Waals surface area contributed by atoms with E-state index >= 15 is 0 Å². The van der Waals surface area contributed by atoms with E-state index in [0.29, 0.717) is 25.8 Å². The normalized spacial score (nSPS) is 21.3. The van der Waals surface area contributed by atoms with Crippen molar-refractivity contribution in [1.29, 1.82) is 0 Å². The van der Waals surface area contributed by atoms with Crippen LogP contribution in [-0.4, -0.2) is 93.1 Å². The molecule has 1 heterocycles. The first kappa shape index (κ1) is 25.8. The van der Waals surface area contributed by atoms with Crippen LogP contribution < -0.4 is 16.8 Å². The van der Waals surface area contributed by atoms with E-state index in [9.17, 15) is 29.4 Å². The Morgan fingerprint density at radius 2 is 1.77 bits per heavy atom. The SMILES string of the molecule is CCCN(C(=O)C(N)[C@@H](C)O)[C@@H](C)C(=O)N1CCC[C@H]1C(=O)N[C@H](C(N)=O)[C@@H](C)O. The zero-order valence-electron chi connectivity index (χ0n) is 18.1. The Kier molecular flexibility index (Phi) is 9.66. The zero-order chi connectivity index (χ0) is 23.2. The van der Waals surface area contributed by atoms with E-state index in [0.717, 1.165) is 0 Å². The molecule has 0 spiro atoms. The minimum Gasteiger partial charge on any atom is -0.391 e. The molecule has 30 heavy (non-hydrogen) atoms. The van der Waals surface area contributed by atoms with Crippen molar-refractivity contribution in [2.24, 2.45) is 11.5 Å². The average molecular weight is 430 g/mol. The van der Waals surface area contributed by atoms with Crippen LogP contribution in [0.2, 0.25) is 0 Å². The molecule has 1 unspecified atom stereocenters. The highest BCUT2D eigenvalue weighted by atomic mass is 16.3. The fraction of sp³-hybridized carbons (Fsp3) is 0.789. The number of nitrogens with two attached hydrogens (primary N) is 2. The summed E-state index contributed by atoms with van der Waals surface area (Å²) >= 11 is 0. The van der Waals surface area contributed by atoms with Crippen LogP contribution >= 0.6 is 0 Å². The van der Waals surface area contributed by atoms with Gasteiger partial charge in [0.1, 0.15) is 24.2 Å². The molecule has 0 aromatic carbocycles. The van der Waals surface area contributed by atoms with Gasteiger partial charge in [-0.25, -0.2) is 0 Å². The maximum absolute atomic E-state index is 13.1. The highest BCUT2D eigenvalue weighted by molar-refractivity contribution is 5.95. The molecule has 6 atom stereocenters. The minimum atomic E-state index is -1.27. The number of amides is 4. The van der Waals surface area contributed by atoms with Crippen molar-refractivity contribution in [3.8, 4) is 0 Å². The third-order valence-electron chi connectivity index (χ3n) is 5.30. The number of nitrogens with zero attached hydrogens (tertiary/aromatic N) is 2. The Morgan fingerprint density at radius 3 is 2.23 bits per heavy atom. The standard InChI is InChI=1S/C19H35N5O6/c1-5-8-23(19(30)14(20)11(3)25)10(2)18(29)24-9-6-7-13(24)17(28)22-15(12(4)26)16(21)27/h10-15,25-26H,5-9,20H2,1-4H3,(H2,21,27)(H,22,28)/t10-,11+,12+,13-,14?,15-/m0/s1. The monoisotopic (exact) mass is 429 g/mol. The van der Waals surface area contributed by atoms with Gasteiger partial charge in [-0.15, -0.1) is 0 Å². The largest absolute Gasteiger partial charge is 0.391 e. The molecule has 7 N–H and O–H groups in total. The maximum Gasteiger partial charge on any atom is 0.245 e. The van der Waals surface area contributed by atoms with Crippen molar-refractivity contribution in [2.45, 2.75) is 83.3 Å². The number of aliphatic hydroxyl groups excluding tert-OH is 2. The number of primary amides is 1. The smallest absolute Gasteiger partial charge is 0.245 e. The molecule has 0 radical (unpaired) electrons. The molecule has 1 saturated heterocycles. The summed E-state index contributed by atoms with van der Waals surface area (Å²) in [6.07, 6.45) is -0.730. The van der Waals surface area contributed by atoms with Gasteiger partial charge in [-0.1, -0.05) is 6.92 Å². The molecule has 0 saturated carbocycles. The summed E-state index contributed by atoms with van der Waals surface area (Å²) in [5, 5.41) is 21.7. The van der Waals surface area contributed by atoms with E-state index in [-0.39, 0.29) is 6.54 Å². The number of carbonyl (C=O) groups is 4. The molecule has 0 aromatic rings. The van der Waals surface area contributed by atoms with Crippen LogP contribution in [0.15, 0.2) is 0 Å². The molecule has 11 heteroatoms. The van der Waals surface area contributed by atoms with Crippen molar-refractivity contribution in [2.75, 3.05) is 13.1 Å². The summed E-state index contributed by atoms with van der Waals surface area (Å²) in [7, 11) is 0. The van der Waals surface area contributed by atoms with Crippen molar-refractivity contribution >= 4 is 23.6 Å². The molecule has 172 valence electrons. The molecule has 0 aliphatic carbocycles. The number of hydrogen-bond donors (Lipinski definition) is 5. The van der Waals surface area contributed by atoms with Crippen LogP contribution in [0.1, 0.15) is 47.0 Å². The highest BCUT2D eigenvalue weighted by Gasteiger charge is 2.40. The van der Waals surface area contributed by atoms with Gasteiger partial charge in [0.05, 0.1) is 12.2 Å². The molecule has 11 nitrogen and oxygen atoms in total. The lowest BCUT2D eigenvalue weighted by molar-refractivity contribution is -0.149. The first-order chi connectivity index (χ1) is 13.9. The van der Waals surface area contributed by atoms with E-state index in [2.05, 4.69) is 5.32 Å². The van der Waals surface area contributed by atoms with Crippen molar-refractivity contribution < 1.29 is 29.4 Å². The van der Waals surface area contributed by atoms with Crippen LogP contribution in [0.25, 0.3) is 0 Å². The molecule has 0 bridgehead atoms. The number of likely N-dealkylation sites (tertiary alicyclic amines) is 1. The number of rotatable bonds is 10. The second-order valence-corrected chi connectivity index (χ2v) is 7.79. The van der Waals surface area contributed by atoms with Gasteiger partial charge in [-0.2, -0.15) is 0 Å². The van der Waals surface area contributed by atoms with Gasteiger partial charge >= 0.3 is 0 Å². The lowest BCUT2D eigenvalue weighted by Crippen LogP contribution is -2.59. The van der Waals surface area contributed by atoms with Gasteiger partial charge in [0, 0.05) is 13.1 Å². The summed E-state index contributed by atoms with van der Waals surface area (Å²) in [4.78, 5) is 52.6. The second kappa shape index (κ2) is 11.2. The van der Waals surface area contributed by atoms with Crippen LogP contribution in [0.4, 0.5) is 0 Å². The van der Waals surface area contributed by atoms with Gasteiger partial charge in [0.2, 0.25) is 23.6 Å². The van der Waals surface area contributed by atoms with Crippen LogP contribution in [-0.2, 0) is 19.2 Å². The number of carbonyl (C=O) groups excluding carboxylic acids is 4. The maximum atomic E-state index is 13.1. The van der Waals surface area contributed by atoms with E-state index in [4.69, 9.17) is 11.5 Å². The molecule has 0 aromatic heterocycles. The number of aliphatic hydroxyl groups is 2. The Hall–Kier alpha value is -2.24. The second-order valence-electron chi connectivity index (χ2n) is 7.79. The first-order valence-electron chi connectivity index (χ1n) is 10.3. The van der Waals surface area contributed by atoms with Gasteiger partial charge in [-0.05, 0) is 40.0 Å². The first-order valence-corrected chi connectivity index (χ1v) is 10.3. The van der Waals surface area contributed by atoms with Crippen molar-refractivity contribution in [3.05, 3.63) is 0 Å². The molecule has 1 aliphatic rings. The van der Waals surface area contributed by atoms with E-state index < -0.39 is 60.0 Å². The van der Waals surface area contributed by atoms with Crippen molar-refractivity contribution in [1.82, 2.24) is 15.1 Å². The molecular formula is C19H35N5O6. The molecule has 4 amide bonds. The summed E-state index contributed by atoms with van der Waals surface area (Å²) < 4.78 is 0. The molecular weight excluding hydrogens is 394 g/mol. The van der Waals surface area contributed by atoms with Gasteiger partial charge in [0.25, 0.3) is 0 Å².